The van der Waals surface area contributed by atoms with E-state index in [2.05, 4.69) is 10.6 Å². The summed E-state index contributed by atoms with van der Waals surface area (Å²) in [7, 11) is 1.90. The van der Waals surface area contributed by atoms with E-state index in [1.807, 2.05) is 62.5 Å². The number of rotatable bonds is 6. The molecule has 4 nitrogen and oxygen atoms in total. The van der Waals surface area contributed by atoms with Crippen LogP contribution in [0, 0.1) is 6.92 Å². The van der Waals surface area contributed by atoms with Crippen LogP contribution in [-0.4, -0.2) is 19.6 Å². The molecule has 0 fully saturated rings. The average molecular weight is 284 g/mol. The molecular weight excluding hydrogens is 264 g/mol. The predicted molar refractivity (Wildman–Crippen MR) is 84.5 cm³/mol. The van der Waals surface area contributed by atoms with Crippen molar-refractivity contribution >= 4 is 11.6 Å². The first kappa shape index (κ1) is 15.1. The largest absolute Gasteiger partial charge is 0.484 e. The Kier molecular flexibility index (Phi) is 5.35. The molecule has 0 atom stereocenters. The summed E-state index contributed by atoms with van der Waals surface area (Å²) >= 11 is 0. The SMILES string of the molecule is CNCc1ccc(OCC(=O)Nc2ccc(C)cc2)cc1. The van der Waals surface area contributed by atoms with Crippen LogP contribution >= 0.6 is 0 Å². The van der Waals surface area contributed by atoms with Crippen LogP contribution in [0.3, 0.4) is 0 Å². The normalized spacial score (nSPS) is 10.2. The van der Waals surface area contributed by atoms with E-state index in [1.54, 1.807) is 0 Å². The van der Waals surface area contributed by atoms with Gasteiger partial charge in [0, 0.05) is 12.2 Å². The van der Waals surface area contributed by atoms with Crippen LogP contribution in [0.25, 0.3) is 0 Å². The van der Waals surface area contributed by atoms with Gasteiger partial charge in [-0.1, -0.05) is 29.8 Å². The molecule has 110 valence electrons. The van der Waals surface area contributed by atoms with Crippen LogP contribution in [0.5, 0.6) is 5.75 Å². The lowest BCUT2D eigenvalue weighted by molar-refractivity contribution is -0.118. The Labute approximate surface area is 125 Å². The van der Waals surface area contributed by atoms with E-state index in [9.17, 15) is 4.79 Å². The van der Waals surface area contributed by atoms with Crippen molar-refractivity contribution in [2.24, 2.45) is 0 Å². The van der Waals surface area contributed by atoms with Gasteiger partial charge >= 0.3 is 0 Å². The van der Waals surface area contributed by atoms with Crippen molar-refractivity contribution in [3.63, 3.8) is 0 Å². The number of anilines is 1. The van der Waals surface area contributed by atoms with Crippen molar-refractivity contribution < 1.29 is 9.53 Å². The van der Waals surface area contributed by atoms with Crippen LogP contribution < -0.4 is 15.4 Å². The molecular formula is C17H20N2O2. The molecule has 0 aliphatic rings. The number of amides is 1. The van der Waals surface area contributed by atoms with E-state index in [4.69, 9.17) is 4.74 Å². The lowest BCUT2D eigenvalue weighted by Crippen LogP contribution is -2.20. The molecule has 2 aromatic carbocycles. The van der Waals surface area contributed by atoms with E-state index < -0.39 is 0 Å². The molecule has 0 heterocycles. The number of ether oxygens (including phenoxy) is 1. The lowest BCUT2D eigenvalue weighted by atomic mass is 10.2. The fraction of sp³-hybridized carbons (Fsp3) is 0.235. The van der Waals surface area contributed by atoms with Gasteiger partial charge in [0.1, 0.15) is 5.75 Å². The molecule has 0 saturated carbocycles. The molecule has 0 aromatic heterocycles. The van der Waals surface area contributed by atoms with Gasteiger partial charge in [-0.05, 0) is 43.8 Å². The molecule has 2 aromatic rings. The summed E-state index contributed by atoms with van der Waals surface area (Å²) in [6, 6.07) is 15.3. The van der Waals surface area contributed by atoms with Gasteiger partial charge < -0.3 is 15.4 Å². The molecule has 21 heavy (non-hydrogen) atoms. The van der Waals surface area contributed by atoms with E-state index in [1.165, 1.54) is 5.56 Å². The van der Waals surface area contributed by atoms with Gasteiger partial charge in [-0.2, -0.15) is 0 Å². The molecule has 0 radical (unpaired) electrons. The molecule has 1 amide bonds. The van der Waals surface area contributed by atoms with Crippen molar-refractivity contribution in [2.45, 2.75) is 13.5 Å². The van der Waals surface area contributed by atoms with Crippen LogP contribution in [0.4, 0.5) is 5.69 Å². The molecule has 2 rings (SSSR count). The Morgan fingerprint density at radius 3 is 2.33 bits per heavy atom. The monoisotopic (exact) mass is 284 g/mol. The van der Waals surface area contributed by atoms with Crippen molar-refractivity contribution in [2.75, 3.05) is 19.0 Å². The highest BCUT2D eigenvalue weighted by molar-refractivity contribution is 5.91. The smallest absolute Gasteiger partial charge is 0.262 e. The zero-order valence-electron chi connectivity index (χ0n) is 12.3. The number of nitrogens with one attached hydrogen (secondary N) is 2. The maximum atomic E-state index is 11.8. The zero-order chi connectivity index (χ0) is 15.1. The minimum absolute atomic E-state index is 0.000743. The summed E-state index contributed by atoms with van der Waals surface area (Å²) in [6.45, 7) is 2.82. The summed E-state index contributed by atoms with van der Waals surface area (Å²) < 4.78 is 5.46. The van der Waals surface area contributed by atoms with Gasteiger partial charge in [-0.15, -0.1) is 0 Å². The first-order valence-corrected chi connectivity index (χ1v) is 6.90. The highest BCUT2D eigenvalue weighted by Crippen LogP contribution is 2.12. The van der Waals surface area contributed by atoms with Gasteiger partial charge in [0.25, 0.3) is 5.91 Å². The molecule has 2 N–H and O–H groups in total. The molecule has 0 spiro atoms. The summed E-state index contributed by atoms with van der Waals surface area (Å²) in [6.07, 6.45) is 0. The van der Waals surface area contributed by atoms with E-state index in [0.717, 1.165) is 17.8 Å². The molecule has 0 bridgehead atoms. The Balaban J connectivity index is 1.81. The first-order valence-electron chi connectivity index (χ1n) is 6.90. The van der Waals surface area contributed by atoms with Crippen molar-refractivity contribution in [1.29, 1.82) is 0 Å². The Morgan fingerprint density at radius 2 is 1.71 bits per heavy atom. The van der Waals surface area contributed by atoms with Gasteiger partial charge in [0.2, 0.25) is 0 Å². The second-order valence-electron chi connectivity index (χ2n) is 4.88. The number of carbonyl (C=O) groups is 1. The number of aryl methyl sites for hydroxylation is 1. The van der Waals surface area contributed by atoms with Crippen LogP contribution in [0.2, 0.25) is 0 Å². The van der Waals surface area contributed by atoms with Gasteiger partial charge in [-0.3, -0.25) is 4.79 Å². The van der Waals surface area contributed by atoms with E-state index in [0.29, 0.717) is 5.75 Å². The highest BCUT2D eigenvalue weighted by Gasteiger charge is 2.03. The quantitative estimate of drug-likeness (QED) is 0.857. The maximum Gasteiger partial charge on any atom is 0.262 e. The molecule has 0 aliphatic carbocycles. The zero-order valence-corrected chi connectivity index (χ0v) is 12.3. The standard InChI is InChI=1S/C17H20N2O2/c1-13-3-7-15(8-4-13)19-17(20)12-21-16-9-5-14(6-10-16)11-18-2/h3-10,18H,11-12H2,1-2H3,(H,19,20). The third-order valence-electron chi connectivity index (χ3n) is 3.01. The summed E-state index contributed by atoms with van der Waals surface area (Å²) in [5.41, 5.74) is 3.11. The average Bonchev–Trinajstić information content (AvgIpc) is 2.49. The fourth-order valence-electron chi connectivity index (χ4n) is 1.89. The second kappa shape index (κ2) is 7.45. The van der Waals surface area contributed by atoms with Crippen molar-refractivity contribution in [1.82, 2.24) is 5.32 Å². The number of carbonyl (C=O) groups excluding carboxylic acids is 1. The molecule has 0 aliphatic heterocycles. The number of benzene rings is 2. The topological polar surface area (TPSA) is 50.4 Å². The fourth-order valence-corrected chi connectivity index (χ4v) is 1.89. The second-order valence-corrected chi connectivity index (χ2v) is 4.88. The predicted octanol–water partition coefficient (Wildman–Crippen LogP) is 2.73. The van der Waals surface area contributed by atoms with Crippen molar-refractivity contribution in [3.8, 4) is 5.75 Å². The minimum Gasteiger partial charge on any atom is -0.484 e. The minimum atomic E-state index is -0.168. The van der Waals surface area contributed by atoms with E-state index in [-0.39, 0.29) is 12.5 Å². The third-order valence-corrected chi connectivity index (χ3v) is 3.01. The highest BCUT2D eigenvalue weighted by atomic mass is 16.5. The third kappa shape index (κ3) is 4.93. The van der Waals surface area contributed by atoms with Crippen LogP contribution in [0.15, 0.2) is 48.5 Å². The maximum absolute atomic E-state index is 11.8. The van der Waals surface area contributed by atoms with Crippen molar-refractivity contribution in [3.05, 3.63) is 59.7 Å². The summed E-state index contributed by atoms with van der Waals surface area (Å²) in [5, 5.41) is 5.88. The summed E-state index contributed by atoms with van der Waals surface area (Å²) in [5.74, 6) is 0.520. The van der Waals surface area contributed by atoms with Gasteiger partial charge in [-0.25, -0.2) is 0 Å². The molecule has 0 saturated heterocycles. The van der Waals surface area contributed by atoms with Gasteiger partial charge in [0.05, 0.1) is 0 Å². The Morgan fingerprint density at radius 1 is 1.05 bits per heavy atom. The first-order chi connectivity index (χ1) is 10.2. The molecule has 4 heteroatoms. The van der Waals surface area contributed by atoms with Crippen LogP contribution in [-0.2, 0) is 11.3 Å². The Bertz CT molecular complexity index is 577. The molecule has 0 unspecified atom stereocenters. The lowest BCUT2D eigenvalue weighted by Gasteiger charge is -2.08. The van der Waals surface area contributed by atoms with E-state index >= 15 is 0 Å². The number of hydrogen-bond acceptors (Lipinski definition) is 3. The summed E-state index contributed by atoms with van der Waals surface area (Å²) in [4.78, 5) is 11.8. The number of hydrogen-bond donors (Lipinski definition) is 2. The van der Waals surface area contributed by atoms with Crippen LogP contribution in [0.1, 0.15) is 11.1 Å². The Hall–Kier alpha value is -2.33. The van der Waals surface area contributed by atoms with Gasteiger partial charge in [0.15, 0.2) is 6.61 Å².